The number of carbonyl (C=O) groups excluding carboxylic acids is 1. The number of H-pyrrole nitrogens is 1. The molecule has 0 saturated carbocycles. The van der Waals surface area contributed by atoms with Gasteiger partial charge in [-0.05, 0) is 40.8 Å². The van der Waals surface area contributed by atoms with E-state index >= 15 is 0 Å². The Morgan fingerprint density at radius 1 is 1.23 bits per heavy atom. The molecule has 0 bridgehead atoms. The van der Waals surface area contributed by atoms with E-state index in [2.05, 4.69) is 36.2 Å². The smallest absolute Gasteiger partial charge is 0.390 e. The molecule has 1 saturated heterocycles. The van der Waals surface area contributed by atoms with Gasteiger partial charge in [0.1, 0.15) is 12.3 Å². The van der Waals surface area contributed by atoms with Crippen molar-refractivity contribution in [3.8, 4) is 11.1 Å². The number of aliphatic hydroxyl groups is 1. The molecule has 0 spiro atoms. The van der Waals surface area contributed by atoms with Gasteiger partial charge in [-0.3, -0.25) is 23.7 Å². The van der Waals surface area contributed by atoms with Gasteiger partial charge in [0, 0.05) is 13.3 Å². The average Bonchev–Trinajstić information content (AvgIpc) is 3.57. The lowest BCUT2D eigenvalue weighted by atomic mass is 10.0. The standard InChI is InChI=1S/C25H25N6O8P/c1-12(32)27-17-7-14-6-13-4-2-3-5-15(13)16(14)8-18(17)28-25-29-23-22(24(34)30-25)26-11-31(23)21-9-19(33)20(39-21)10-38-40(35,36)37/h2-5,7-8,11,19-21,33H,6,9-10H2,1H3,(H,27,32)(H2,35,36,37)(H2,28,29,30,34)/t19-,20+,21+/m0/s1. The van der Waals surface area contributed by atoms with E-state index in [9.17, 15) is 19.3 Å². The Morgan fingerprint density at radius 3 is 2.80 bits per heavy atom. The highest BCUT2D eigenvalue weighted by Crippen LogP contribution is 2.42. The summed E-state index contributed by atoms with van der Waals surface area (Å²) >= 11 is 0. The summed E-state index contributed by atoms with van der Waals surface area (Å²) in [7, 11) is -4.75. The molecule has 1 aliphatic carbocycles. The number of rotatable bonds is 7. The second-order valence-corrected chi connectivity index (χ2v) is 10.9. The average molecular weight is 568 g/mol. The minimum absolute atomic E-state index is 0.0310. The van der Waals surface area contributed by atoms with E-state index in [0.717, 1.165) is 23.1 Å². The lowest BCUT2D eigenvalue weighted by Crippen LogP contribution is -2.25. The van der Waals surface area contributed by atoms with Crippen molar-refractivity contribution in [2.75, 3.05) is 17.2 Å². The summed E-state index contributed by atoms with van der Waals surface area (Å²) in [5.41, 5.74) is 5.00. The quantitative estimate of drug-likeness (QED) is 0.157. The van der Waals surface area contributed by atoms with E-state index < -0.39 is 38.4 Å². The molecule has 2 aliphatic rings. The Hall–Kier alpha value is -3.91. The fourth-order valence-corrected chi connectivity index (χ4v) is 5.45. The van der Waals surface area contributed by atoms with Crippen molar-refractivity contribution in [1.29, 1.82) is 0 Å². The van der Waals surface area contributed by atoms with Crippen LogP contribution in [0.2, 0.25) is 0 Å². The minimum Gasteiger partial charge on any atom is -0.390 e. The van der Waals surface area contributed by atoms with Crippen LogP contribution in [0.5, 0.6) is 0 Å². The molecule has 14 nitrogen and oxygen atoms in total. The number of nitrogens with zero attached hydrogens (tertiary/aromatic N) is 3. The first-order valence-electron chi connectivity index (χ1n) is 12.4. The number of nitrogens with one attached hydrogen (secondary N) is 3. The highest BCUT2D eigenvalue weighted by molar-refractivity contribution is 7.46. The normalized spacial score (nSPS) is 19.9. The molecule has 40 heavy (non-hydrogen) atoms. The summed E-state index contributed by atoms with van der Waals surface area (Å²) in [4.78, 5) is 54.1. The number of phosphoric acid groups is 1. The monoisotopic (exact) mass is 568 g/mol. The zero-order valence-corrected chi connectivity index (χ0v) is 22.0. The maximum Gasteiger partial charge on any atom is 0.469 e. The van der Waals surface area contributed by atoms with Gasteiger partial charge in [0.2, 0.25) is 11.9 Å². The second kappa shape index (κ2) is 9.93. The fraction of sp³-hybridized carbons (Fsp3) is 0.280. The number of amides is 1. The first-order chi connectivity index (χ1) is 19.1. The van der Waals surface area contributed by atoms with E-state index in [1.807, 2.05) is 30.3 Å². The number of phosphoric ester groups is 1. The van der Waals surface area contributed by atoms with Gasteiger partial charge in [-0.25, -0.2) is 9.55 Å². The molecule has 2 aromatic heterocycles. The molecule has 208 valence electrons. The van der Waals surface area contributed by atoms with Crippen molar-refractivity contribution in [3.63, 3.8) is 0 Å². The van der Waals surface area contributed by atoms with Crippen LogP contribution in [0, 0.1) is 0 Å². The maximum atomic E-state index is 12.9. The fourth-order valence-electron chi connectivity index (χ4n) is 5.11. The molecular weight excluding hydrogens is 543 g/mol. The highest BCUT2D eigenvalue weighted by Gasteiger charge is 2.37. The van der Waals surface area contributed by atoms with E-state index in [0.29, 0.717) is 11.4 Å². The lowest BCUT2D eigenvalue weighted by molar-refractivity contribution is -0.114. The van der Waals surface area contributed by atoms with Crippen molar-refractivity contribution >= 4 is 42.2 Å². The number of benzene rings is 2. The van der Waals surface area contributed by atoms with Crippen molar-refractivity contribution in [2.45, 2.75) is 38.2 Å². The molecule has 2 aromatic carbocycles. The van der Waals surface area contributed by atoms with Crippen LogP contribution in [0.1, 0.15) is 30.7 Å². The van der Waals surface area contributed by atoms with Gasteiger partial charge >= 0.3 is 7.82 Å². The number of carbonyl (C=O) groups is 1. The molecule has 6 N–H and O–H groups in total. The number of ether oxygens (including phenoxy) is 1. The Kier molecular flexibility index (Phi) is 6.53. The minimum atomic E-state index is -4.75. The Labute approximate surface area is 226 Å². The van der Waals surface area contributed by atoms with E-state index in [1.54, 1.807) is 0 Å². The number of hydrogen-bond acceptors (Lipinski definition) is 9. The molecule has 1 amide bonds. The zero-order chi connectivity index (χ0) is 28.2. The van der Waals surface area contributed by atoms with E-state index in [-0.39, 0.29) is 29.4 Å². The Bertz CT molecular complexity index is 1750. The van der Waals surface area contributed by atoms with Crippen molar-refractivity contribution in [1.82, 2.24) is 19.5 Å². The van der Waals surface area contributed by atoms with Crippen LogP contribution in [0.4, 0.5) is 17.3 Å². The summed E-state index contributed by atoms with van der Waals surface area (Å²) < 4.78 is 22.7. The third-order valence-electron chi connectivity index (χ3n) is 6.85. The van der Waals surface area contributed by atoms with Crippen molar-refractivity contribution in [3.05, 3.63) is 64.2 Å². The largest absolute Gasteiger partial charge is 0.469 e. The molecule has 15 heteroatoms. The SMILES string of the molecule is CC(=O)Nc1cc2c(cc1Nc1nc3c(ncn3[C@H]3C[C@H](O)[C@@H](COP(=O)(O)O)O3)c(=O)[nH]1)-c1ccccc1C2. The number of aromatic amines is 1. The number of imidazole rings is 1. The molecule has 0 unspecified atom stereocenters. The maximum absolute atomic E-state index is 12.9. The predicted molar refractivity (Wildman–Crippen MR) is 143 cm³/mol. The predicted octanol–water partition coefficient (Wildman–Crippen LogP) is 2.15. The lowest BCUT2D eigenvalue weighted by Gasteiger charge is -2.16. The number of aromatic nitrogens is 4. The van der Waals surface area contributed by atoms with Crippen molar-refractivity contribution in [2.24, 2.45) is 0 Å². The summed E-state index contributed by atoms with van der Waals surface area (Å²) in [5, 5.41) is 16.3. The number of hydrogen-bond donors (Lipinski definition) is 6. The van der Waals surface area contributed by atoms with Crippen LogP contribution < -0.4 is 16.2 Å². The van der Waals surface area contributed by atoms with Crippen LogP contribution in [0.25, 0.3) is 22.3 Å². The third kappa shape index (κ3) is 5.04. The Morgan fingerprint density at radius 2 is 2.02 bits per heavy atom. The van der Waals surface area contributed by atoms with Crippen LogP contribution >= 0.6 is 7.82 Å². The van der Waals surface area contributed by atoms with Gasteiger partial charge in [0.15, 0.2) is 11.2 Å². The number of anilines is 3. The van der Waals surface area contributed by atoms with Gasteiger partial charge in [0.05, 0.1) is 30.4 Å². The molecule has 1 aliphatic heterocycles. The van der Waals surface area contributed by atoms with Gasteiger partial charge in [-0.1, -0.05) is 24.3 Å². The number of aliphatic hydroxyl groups excluding tert-OH is 1. The van der Waals surface area contributed by atoms with Gasteiger partial charge < -0.3 is 30.3 Å². The third-order valence-corrected chi connectivity index (χ3v) is 7.33. The summed E-state index contributed by atoms with van der Waals surface area (Å²) in [6.45, 7) is 0.882. The molecule has 3 heterocycles. The van der Waals surface area contributed by atoms with Crippen LogP contribution in [-0.4, -0.2) is 59.1 Å². The summed E-state index contributed by atoms with van der Waals surface area (Å²) in [5.74, 6) is -0.181. The Balaban J connectivity index is 1.33. The van der Waals surface area contributed by atoms with Gasteiger partial charge in [-0.2, -0.15) is 4.98 Å². The van der Waals surface area contributed by atoms with Gasteiger partial charge in [0.25, 0.3) is 5.56 Å². The topological polar surface area (TPSA) is 201 Å². The molecule has 1 fully saturated rings. The zero-order valence-electron chi connectivity index (χ0n) is 21.1. The molecule has 3 atom stereocenters. The number of fused-ring (bicyclic) bond motifs is 4. The van der Waals surface area contributed by atoms with Crippen LogP contribution in [-0.2, 0) is 25.0 Å². The summed E-state index contributed by atoms with van der Waals surface area (Å²) in [6.07, 6.45) is -0.790. The second-order valence-electron chi connectivity index (χ2n) is 9.65. The highest BCUT2D eigenvalue weighted by atomic mass is 31.2. The molecule has 6 rings (SSSR count). The first kappa shape index (κ1) is 26.3. The van der Waals surface area contributed by atoms with Crippen LogP contribution in [0.15, 0.2) is 47.5 Å². The first-order valence-corrected chi connectivity index (χ1v) is 13.9. The molecule has 0 radical (unpaired) electrons. The molecule has 4 aromatic rings. The van der Waals surface area contributed by atoms with Crippen LogP contribution in [0.3, 0.4) is 0 Å². The van der Waals surface area contributed by atoms with E-state index in [4.69, 9.17) is 14.5 Å². The van der Waals surface area contributed by atoms with Crippen molar-refractivity contribution < 1.29 is 33.5 Å². The summed E-state index contributed by atoms with van der Waals surface area (Å²) in [6, 6.07) is 11.8. The molecular formula is C25H25N6O8P. The van der Waals surface area contributed by atoms with Gasteiger partial charge in [-0.15, -0.1) is 0 Å². The van der Waals surface area contributed by atoms with E-state index in [1.165, 1.54) is 23.4 Å².